The van der Waals surface area contributed by atoms with Crippen molar-refractivity contribution in [2.75, 3.05) is 11.1 Å². The molecular formula is C13H12BrFN2. The standard InChI is InChI=1S/C13H12BrFN2/c1-8-2-3-9(14)6-12(8)17-13-7-10(15)4-5-11(13)16/h2-7,17H,16H2,1H3. The lowest BCUT2D eigenvalue weighted by atomic mass is 10.2. The van der Waals surface area contributed by atoms with Crippen molar-refractivity contribution >= 4 is 33.0 Å². The topological polar surface area (TPSA) is 38.0 Å². The van der Waals surface area contributed by atoms with Gasteiger partial charge in [-0.1, -0.05) is 22.0 Å². The molecule has 0 saturated carbocycles. The van der Waals surface area contributed by atoms with Crippen LogP contribution < -0.4 is 11.1 Å². The molecule has 0 heterocycles. The van der Waals surface area contributed by atoms with Gasteiger partial charge in [0, 0.05) is 10.2 Å². The van der Waals surface area contributed by atoms with Gasteiger partial charge >= 0.3 is 0 Å². The molecule has 2 nitrogen and oxygen atoms in total. The smallest absolute Gasteiger partial charge is 0.125 e. The molecule has 0 fully saturated rings. The van der Waals surface area contributed by atoms with E-state index in [-0.39, 0.29) is 5.82 Å². The molecule has 2 aromatic carbocycles. The molecule has 0 spiro atoms. The zero-order valence-corrected chi connectivity index (χ0v) is 10.9. The molecule has 0 radical (unpaired) electrons. The van der Waals surface area contributed by atoms with Gasteiger partial charge in [0.25, 0.3) is 0 Å². The SMILES string of the molecule is Cc1ccc(Br)cc1Nc1cc(F)ccc1N. The first-order valence-corrected chi connectivity index (χ1v) is 5.94. The maximum absolute atomic E-state index is 13.1. The van der Waals surface area contributed by atoms with Crippen molar-refractivity contribution in [3.05, 3.63) is 52.3 Å². The van der Waals surface area contributed by atoms with E-state index < -0.39 is 0 Å². The van der Waals surface area contributed by atoms with E-state index in [2.05, 4.69) is 21.2 Å². The molecule has 3 N–H and O–H groups in total. The third kappa shape index (κ3) is 2.77. The van der Waals surface area contributed by atoms with Gasteiger partial charge < -0.3 is 11.1 Å². The van der Waals surface area contributed by atoms with Crippen molar-refractivity contribution in [3.63, 3.8) is 0 Å². The Balaban J connectivity index is 2.37. The summed E-state index contributed by atoms with van der Waals surface area (Å²) in [6, 6.07) is 10.1. The quantitative estimate of drug-likeness (QED) is 0.814. The average molecular weight is 295 g/mol. The number of anilines is 3. The fourth-order valence-electron chi connectivity index (χ4n) is 1.51. The van der Waals surface area contributed by atoms with Crippen LogP contribution in [0.2, 0.25) is 0 Å². The molecule has 0 aliphatic rings. The van der Waals surface area contributed by atoms with E-state index in [0.29, 0.717) is 11.4 Å². The van der Waals surface area contributed by atoms with Gasteiger partial charge in [-0.25, -0.2) is 4.39 Å². The van der Waals surface area contributed by atoms with E-state index in [9.17, 15) is 4.39 Å². The lowest BCUT2D eigenvalue weighted by molar-refractivity contribution is 0.628. The third-order valence-corrected chi connectivity index (χ3v) is 2.98. The minimum absolute atomic E-state index is 0.311. The maximum atomic E-state index is 13.1. The minimum atomic E-state index is -0.311. The van der Waals surface area contributed by atoms with Crippen molar-refractivity contribution in [1.29, 1.82) is 0 Å². The van der Waals surface area contributed by atoms with Crippen molar-refractivity contribution in [2.24, 2.45) is 0 Å². The molecule has 0 unspecified atom stereocenters. The fourth-order valence-corrected chi connectivity index (χ4v) is 1.87. The summed E-state index contributed by atoms with van der Waals surface area (Å²) in [5.74, 6) is -0.311. The van der Waals surface area contributed by atoms with Crippen LogP contribution in [-0.2, 0) is 0 Å². The van der Waals surface area contributed by atoms with Crippen molar-refractivity contribution in [1.82, 2.24) is 0 Å². The van der Waals surface area contributed by atoms with Crippen LogP contribution in [0.15, 0.2) is 40.9 Å². The van der Waals surface area contributed by atoms with Gasteiger partial charge in [0.15, 0.2) is 0 Å². The summed E-state index contributed by atoms with van der Waals surface area (Å²) in [4.78, 5) is 0. The molecule has 0 aliphatic carbocycles. The van der Waals surface area contributed by atoms with Gasteiger partial charge in [-0.15, -0.1) is 0 Å². The van der Waals surface area contributed by atoms with E-state index in [1.54, 1.807) is 6.07 Å². The van der Waals surface area contributed by atoms with Crippen LogP contribution in [0.3, 0.4) is 0 Å². The largest absolute Gasteiger partial charge is 0.397 e. The van der Waals surface area contributed by atoms with Gasteiger partial charge in [0.1, 0.15) is 5.82 Å². The number of nitrogen functional groups attached to an aromatic ring is 1. The summed E-state index contributed by atoms with van der Waals surface area (Å²) in [6.45, 7) is 1.98. The van der Waals surface area contributed by atoms with Crippen molar-refractivity contribution in [2.45, 2.75) is 6.92 Å². The van der Waals surface area contributed by atoms with E-state index in [0.717, 1.165) is 15.7 Å². The monoisotopic (exact) mass is 294 g/mol. The molecule has 88 valence electrons. The Morgan fingerprint density at radius 3 is 2.65 bits per heavy atom. The zero-order valence-electron chi connectivity index (χ0n) is 9.30. The molecule has 0 bridgehead atoms. The van der Waals surface area contributed by atoms with Crippen LogP contribution in [0.25, 0.3) is 0 Å². The molecule has 2 aromatic rings. The van der Waals surface area contributed by atoms with Gasteiger partial charge in [0.2, 0.25) is 0 Å². The molecule has 2 rings (SSSR count). The first-order valence-electron chi connectivity index (χ1n) is 5.14. The van der Waals surface area contributed by atoms with Gasteiger partial charge in [-0.2, -0.15) is 0 Å². The Morgan fingerprint density at radius 1 is 1.12 bits per heavy atom. The van der Waals surface area contributed by atoms with E-state index >= 15 is 0 Å². The lowest BCUT2D eigenvalue weighted by Gasteiger charge is -2.12. The van der Waals surface area contributed by atoms with Gasteiger partial charge in [-0.05, 0) is 42.8 Å². The first kappa shape index (κ1) is 11.9. The number of halogens is 2. The number of aryl methyl sites for hydroxylation is 1. The lowest BCUT2D eigenvalue weighted by Crippen LogP contribution is -1.98. The highest BCUT2D eigenvalue weighted by Crippen LogP contribution is 2.28. The Morgan fingerprint density at radius 2 is 1.88 bits per heavy atom. The number of benzene rings is 2. The first-order chi connectivity index (χ1) is 8.06. The maximum Gasteiger partial charge on any atom is 0.125 e. The second-order valence-corrected chi connectivity index (χ2v) is 4.73. The number of rotatable bonds is 2. The minimum Gasteiger partial charge on any atom is -0.397 e. The molecular weight excluding hydrogens is 283 g/mol. The van der Waals surface area contributed by atoms with E-state index in [1.165, 1.54) is 12.1 Å². The summed E-state index contributed by atoms with van der Waals surface area (Å²) in [5, 5.41) is 3.13. The molecule has 17 heavy (non-hydrogen) atoms. The number of nitrogens with one attached hydrogen (secondary N) is 1. The summed E-state index contributed by atoms with van der Waals surface area (Å²) >= 11 is 3.40. The highest BCUT2D eigenvalue weighted by atomic mass is 79.9. The normalized spacial score (nSPS) is 10.3. The molecule has 0 aliphatic heterocycles. The fraction of sp³-hybridized carbons (Fsp3) is 0.0769. The highest BCUT2D eigenvalue weighted by molar-refractivity contribution is 9.10. The van der Waals surface area contributed by atoms with E-state index in [4.69, 9.17) is 5.73 Å². The molecule has 0 amide bonds. The zero-order chi connectivity index (χ0) is 12.4. The number of nitrogens with two attached hydrogens (primary N) is 1. The molecule has 0 saturated heterocycles. The predicted molar refractivity (Wildman–Crippen MR) is 73.0 cm³/mol. The van der Waals surface area contributed by atoms with Crippen molar-refractivity contribution in [3.8, 4) is 0 Å². The summed E-state index contributed by atoms with van der Waals surface area (Å²) in [6.07, 6.45) is 0. The second kappa shape index (κ2) is 4.75. The predicted octanol–water partition coefficient (Wildman–Crippen LogP) is 4.22. The highest BCUT2D eigenvalue weighted by Gasteiger charge is 2.04. The average Bonchev–Trinajstić information content (AvgIpc) is 2.28. The molecule has 4 heteroatoms. The second-order valence-electron chi connectivity index (χ2n) is 3.82. The van der Waals surface area contributed by atoms with Crippen LogP contribution in [0.4, 0.5) is 21.5 Å². The summed E-state index contributed by atoms with van der Waals surface area (Å²) in [5.41, 5.74) is 8.85. The summed E-state index contributed by atoms with van der Waals surface area (Å²) in [7, 11) is 0. The van der Waals surface area contributed by atoms with Crippen molar-refractivity contribution < 1.29 is 4.39 Å². The Kier molecular flexibility index (Phi) is 3.33. The van der Waals surface area contributed by atoms with Crippen LogP contribution in [0.1, 0.15) is 5.56 Å². The van der Waals surface area contributed by atoms with Crippen LogP contribution >= 0.6 is 15.9 Å². The summed E-state index contributed by atoms with van der Waals surface area (Å²) < 4.78 is 14.1. The van der Waals surface area contributed by atoms with Crippen LogP contribution in [0, 0.1) is 12.7 Å². The van der Waals surface area contributed by atoms with E-state index in [1.807, 2.05) is 25.1 Å². The van der Waals surface area contributed by atoms with Gasteiger partial charge in [-0.3, -0.25) is 0 Å². The number of hydrogen-bond donors (Lipinski definition) is 2. The van der Waals surface area contributed by atoms with Crippen LogP contribution in [-0.4, -0.2) is 0 Å². The van der Waals surface area contributed by atoms with Crippen LogP contribution in [0.5, 0.6) is 0 Å². The number of hydrogen-bond acceptors (Lipinski definition) is 2. The molecule has 0 atom stereocenters. The Labute approximate surface area is 108 Å². The Bertz CT molecular complexity index is 506. The Hall–Kier alpha value is -1.55. The third-order valence-electron chi connectivity index (χ3n) is 2.48. The molecule has 0 aromatic heterocycles. The van der Waals surface area contributed by atoms with Gasteiger partial charge in [0.05, 0.1) is 11.4 Å².